The van der Waals surface area contributed by atoms with E-state index in [2.05, 4.69) is 13.8 Å². The Hall–Kier alpha value is 0. The van der Waals surface area contributed by atoms with E-state index in [1.807, 2.05) is 0 Å². The van der Waals surface area contributed by atoms with Crippen LogP contribution >= 0.6 is 0 Å². The van der Waals surface area contributed by atoms with Crippen LogP contribution in [0, 0.1) is 29.1 Å². The fourth-order valence-electron chi connectivity index (χ4n) is 5.65. The third kappa shape index (κ3) is 2.56. The number of hydrogen-bond acceptors (Lipinski definition) is 0. The number of unbranched alkanes of at least 4 members (excludes halogenated alkanes) is 1. The van der Waals surface area contributed by atoms with Gasteiger partial charge in [0.25, 0.3) is 0 Å². The predicted octanol–water partition coefficient (Wildman–Crippen LogP) is 5.42. The first-order valence-corrected chi connectivity index (χ1v) is 8.15. The van der Waals surface area contributed by atoms with Crippen LogP contribution in [0.15, 0.2) is 0 Å². The first-order valence-electron chi connectivity index (χ1n) is 8.15. The van der Waals surface area contributed by atoms with Crippen LogP contribution in [0.3, 0.4) is 0 Å². The molecule has 0 aliphatic heterocycles. The highest BCUT2D eigenvalue weighted by atomic mass is 14.5. The number of hydrogen-bond donors (Lipinski definition) is 0. The predicted molar refractivity (Wildman–Crippen MR) is 73.9 cm³/mol. The van der Waals surface area contributed by atoms with Crippen LogP contribution in [0.5, 0.6) is 0 Å². The molecule has 98 valence electrons. The molecule has 0 nitrogen and oxygen atoms in total. The molecular formula is C17H30. The van der Waals surface area contributed by atoms with Crippen LogP contribution in [0.1, 0.15) is 78.1 Å². The van der Waals surface area contributed by atoms with Gasteiger partial charge in [-0.15, -0.1) is 0 Å². The summed E-state index contributed by atoms with van der Waals surface area (Å²) in [6, 6.07) is 0. The summed E-state index contributed by atoms with van der Waals surface area (Å²) in [5, 5.41) is 0. The molecule has 0 heteroatoms. The maximum atomic E-state index is 2.37. The molecular weight excluding hydrogens is 204 g/mol. The van der Waals surface area contributed by atoms with Gasteiger partial charge in [-0.2, -0.15) is 0 Å². The largest absolute Gasteiger partial charge is 0.0628 e. The highest BCUT2D eigenvalue weighted by Gasteiger charge is 2.50. The summed E-state index contributed by atoms with van der Waals surface area (Å²) >= 11 is 0. The molecule has 0 amide bonds. The lowest BCUT2D eigenvalue weighted by molar-refractivity contribution is -0.0584. The van der Waals surface area contributed by atoms with E-state index in [9.17, 15) is 0 Å². The minimum Gasteiger partial charge on any atom is -0.0628 e. The quantitative estimate of drug-likeness (QED) is 0.557. The van der Waals surface area contributed by atoms with Crippen molar-refractivity contribution in [1.82, 2.24) is 0 Å². The third-order valence-corrected chi connectivity index (χ3v) is 5.90. The summed E-state index contributed by atoms with van der Waals surface area (Å²) < 4.78 is 0. The molecule has 0 N–H and O–H groups in total. The zero-order chi connectivity index (χ0) is 11.9. The van der Waals surface area contributed by atoms with E-state index >= 15 is 0 Å². The van der Waals surface area contributed by atoms with Crippen LogP contribution in [0.25, 0.3) is 0 Å². The van der Waals surface area contributed by atoms with Crippen molar-refractivity contribution in [1.29, 1.82) is 0 Å². The summed E-state index contributed by atoms with van der Waals surface area (Å²) in [6.45, 7) is 4.73. The second-order valence-electron chi connectivity index (χ2n) is 8.06. The van der Waals surface area contributed by atoms with Gasteiger partial charge < -0.3 is 0 Å². The third-order valence-electron chi connectivity index (χ3n) is 5.90. The summed E-state index contributed by atoms with van der Waals surface area (Å²) in [5.41, 5.74) is 0.839. The smallest absolute Gasteiger partial charge is 0.0290 e. The molecule has 0 heterocycles. The Bertz CT molecular complexity index is 228. The standard InChI is InChI=1S/C17H30/c1-13(2)5-3-4-6-17-10-14-7-15(11-17)9-16(8-14)12-17/h13-16H,3-12H2,1-2H3. The average Bonchev–Trinajstić information content (AvgIpc) is 2.22. The fraction of sp³-hybridized carbons (Fsp3) is 1.00. The van der Waals surface area contributed by atoms with E-state index < -0.39 is 0 Å². The monoisotopic (exact) mass is 234 g/mol. The molecule has 4 aliphatic rings. The van der Waals surface area contributed by atoms with Gasteiger partial charge in [-0.05, 0) is 74.0 Å². The summed E-state index contributed by atoms with van der Waals surface area (Å²) in [4.78, 5) is 0. The van der Waals surface area contributed by atoms with Gasteiger partial charge in [0.15, 0.2) is 0 Å². The second-order valence-corrected chi connectivity index (χ2v) is 8.06. The molecule has 4 fully saturated rings. The SMILES string of the molecule is CC(C)CCCCC12CC3CC(CC(C3)C1)C2. The lowest BCUT2D eigenvalue weighted by atomic mass is 9.48. The van der Waals surface area contributed by atoms with E-state index in [1.54, 1.807) is 44.9 Å². The average molecular weight is 234 g/mol. The molecule has 4 aliphatic carbocycles. The Labute approximate surface area is 108 Å². The van der Waals surface area contributed by atoms with Crippen molar-refractivity contribution in [2.24, 2.45) is 29.1 Å². The molecule has 4 bridgehead atoms. The molecule has 4 rings (SSSR count). The van der Waals surface area contributed by atoms with Crippen molar-refractivity contribution in [3.8, 4) is 0 Å². The minimum absolute atomic E-state index is 0.839. The Balaban J connectivity index is 1.52. The van der Waals surface area contributed by atoms with Crippen molar-refractivity contribution in [2.45, 2.75) is 78.1 Å². The van der Waals surface area contributed by atoms with Crippen molar-refractivity contribution >= 4 is 0 Å². The van der Waals surface area contributed by atoms with Gasteiger partial charge in [-0.25, -0.2) is 0 Å². The number of rotatable bonds is 5. The summed E-state index contributed by atoms with van der Waals surface area (Å²) in [6.07, 6.45) is 15.7. The van der Waals surface area contributed by atoms with Gasteiger partial charge in [0.1, 0.15) is 0 Å². The van der Waals surface area contributed by atoms with Crippen molar-refractivity contribution in [3.05, 3.63) is 0 Å². The molecule has 0 atom stereocenters. The summed E-state index contributed by atoms with van der Waals surface area (Å²) in [5.74, 6) is 4.34. The van der Waals surface area contributed by atoms with Gasteiger partial charge in [-0.3, -0.25) is 0 Å². The molecule has 0 spiro atoms. The molecule has 0 radical (unpaired) electrons. The first kappa shape index (κ1) is 12.1. The van der Waals surface area contributed by atoms with Crippen LogP contribution in [0.2, 0.25) is 0 Å². The first-order chi connectivity index (χ1) is 8.15. The fourth-order valence-corrected chi connectivity index (χ4v) is 5.65. The maximum Gasteiger partial charge on any atom is -0.0290 e. The highest BCUT2D eigenvalue weighted by Crippen LogP contribution is 2.61. The van der Waals surface area contributed by atoms with Gasteiger partial charge in [0.2, 0.25) is 0 Å². The van der Waals surface area contributed by atoms with Crippen molar-refractivity contribution in [3.63, 3.8) is 0 Å². The van der Waals surface area contributed by atoms with E-state index in [4.69, 9.17) is 0 Å². The molecule has 17 heavy (non-hydrogen) atoms. The van der Waals surface area contributed by atoms with E-state index in [-0.39, 0.29) is 0 Å². The highest BCUT2D eigenvalue weighted by molar-refractivity contribution is 5.01. The van der Waals surface area contributed by atoms with E-state index in [0.717, 1.165) is 29.1 Å². The lowest BCUT2D eigenvalue weighted by Gasteiger charge is -2.57. The Morgan fingerprint density at radius 3 is 1.88 bits per heavy atom. The van der Waals surface area contributed by atoms with Crippen molar-refractivity contribution < 1.29 is 0 Å². The summed E-state index contributed by atoms with van der Waals surface area (Å²) in [7, 11) is 0. The minimum atomic E-state index is 0.839. The maximum absolute atomic E-state index is 2.37. The van der Waals surface area contributed by atoms with Gasteiger partial charge >= 0.3 is 0 Å². The molecule has 0 unspecified atom stereocenters. The van der Waals surface area contributed by atoms with Gasteiger partial charge in [0.05, 0.1) is 0 Å². The Morgan fingerprint density at radius 2 is 1.41 bits per heavy atom. The molecule has 0 aromatic heterocycles. The van der Waals surface area contributed by atoms with Crippen LogP contribution in [-0.2, 0) is 0 Å². The zero-order valence-electron chi connectivity index (χ0n) is 11.9. The van der Waals surface area contributed by atoms with Gasteiger partial charge in [-0.1, -0.05) is 33.1 Å². The Morgan fingerprint density at radius 1 is 0.882 bits per heavy atom. The molecule has 0 aromatic carbocycles. The normalized spacial score (nSPS) is 43.6. The molecule has 0 saturated heterocycles. The van der Waals surface area contributed by atoms with E-state index in [0.29, 0.717) is 0 Å². The van der Waals surface area contributed by atoms with Crippen LogP contribution < -0.4 is 0 Å². The Kier molecular flexibility index (Phi) is 3.26. The molecule has 0 aromatic rings. The molecule has 4 saturated carbocycles. The zero-order valence-corrected chi connectivity index (χ0v) is 11.9. The van der Waals surface area contributed by atoms with E-state index in [1.165, 1.54) is 19.3 Å². The topological polar surface area (TPSA) is 0 Å². The van der Waals surface area contributed by atoms with Crippen LogP contribution in [-0.4, -0.2) is 0 Å². The van der Waals surface area contributed by atoms with Crippen molar-refractivity contribution in [2.75, 3.05) is 0 Å². The van der Waals surface area contributed by atoms with Gasteiger partial charge in [0, 0.05) is 0 Å². The van der Waals surface area contributed by atoms with Crippen LogP contribution in [0.4, 0.5) is 0 Å². The second kappa shape index (κ2) is 4.59. The lowest BCUT2D eigenvalue weighted by Crippen LogP contribution is -2.45.